The Bertz CT molecular complexity index is 567. The lowest BCUT2D eigenvalue weighted by molar-refractivity contribution is -0.315. The van der Waals surface area contributed by atoms with Gasteiger partial charge in [-0.05, 0) is 45.3 Å². The molecule has 0 radical (unpaired) electrons. The number of benzene rings is 2. The topological polar surface area (TPSA) is 60.4 Å². The first-order valence-electron chi connectivity index (χ1n) is 5.33. The summed E-state index contributed by atoms with van der Waals surface area (Å²) in [5.74, 6) is -1.49. The van der Waals surface area contributed by atoms with E-state index in [9.17, 15) is 15.0 Å². The average Bonchev–Trinajstić information content (AvgIpc) is 2.38. The second kappa shape index (κ2) is 5.49. The van der Waals surface area contributed by atoms with Crippen LogP contribution in [0.2, 0.25) is 0 Å². The molecule has 1 atom stereocenters. The number of carbonyl (C=O) groups excluding carboxylic acids is 1. The Kier molecular flexibility index (Phi) is 3.98. The van der Waals surface area contributed by atoms with Crippen LogP contribution in [0.15, 0.2) is 48.5 Å². The third-order valence-electron chi connectivity index (χ3n) is 2.63. The standard InChI is InChI=1S/C14H11IO3/c15-12-8-10(9-4-2-1-3-5-9)6-7-11(12)13(16)14(17)18/h1-8,13,16H,(H,17,18)/p-1. The van der Waals surface area contributed by atoms with Crippen LogP contribution in [0.5, 0.6) is 0 Å². The summed E-state index contributed by atoms with van der Waals surface area (Å²) in [5, 5.41) is 20.1. The summed E-state index contributed by atoms with van der Waals surface area (Å²) < 4.78 is 0.700. The summed E-state index contributed by atoms with van der Waals surface area (Å²) >= 11 is 2.01. The van der Waals surface area contributed by atoms with Crippen molar-refractivity contribution in [1.82, 2.24) is 0 Å². The largest absolute Gasteiger partial charge is 0.547 e. The molecular formula is C14H10IO3-. The van der Waals surface area contributed by atoms with Crippen molar-refractivity contribution in [1.29, 1.82) is 0 Å². The number of halogens is 1. The zero-order chi connectivity index (χ0) is 13.1. The highest BCUT2D eigenvalue weighted by atomic mass is 127. The highest BCUT2D eigenvalue weighted by Crippen LogP contribution is 2.26. The fourth-order valence-corrected chi connectivity index (χ4v) is 2.50. The van der Waals surface area contributed by atoms with E-state index in [1.165, 1.54) is 0 Å². The monoisotopic (exact) mass is 353 g/mol. The SMILES string of the molecule is O=C([O-])C(O)c1ccc(-c2ccccc2)cc1I. The van der Waals surface area contributed by atoms with Gasteiger partial charge in [0.2, 0.25) is 0 Å². The molecule has 2 aromatic rings. The van der Waals surface area contributed by atoms with E-state index in [1.807, 2.05) is 59.0 Å². The first kappa shape index (κ1) is 13.0. The van der Waals surface area contributed by atoms with E-state index in [4.69, 9.17) is 0 Å². The minimum Gasteiger partial charge on any atom is -0.547 e. The van der Waals surface area contributed by atoms with Gasteiger partial charge in [0, 0.05) is 3.57 Å². The summed E-state index contributed by atoms with van der Waals surface area (Å²) in [6.07, 6.45) is -1.58. The molecule has 0 aliphatic heterocycles. The third-order valence-corrected chi connectivity index (χ3v) is 3.56. The Hall–Kier alpha value is -1.40. The molecule has 0 bridgehead atoms. The molecule has 3 nitrogen and oxygen atoms in total. The molecule has 1 N–H and O–H groups in total. The number of aliphatic hydroxyl groups is 1. The van der Waals surface area contributed by atoms with E-state index in [-0.39, 0.29) is 0 Å². The van der Waals surface area contributed by atoms with Gasteiger partial charge >= 0.3 is 0 Å². The molecule has 0 saturated heterocycles. The summed E-state index contributed by atoms with van der Waals surface area (Å²) in [5.41, 5.74) is 2.38. The minimum absolute atomic E-state index is 0.357. The minimum atomic E-state index is -1.58. The van der Waals surface area contributed by atoms with Gasteiger partial charge in [0.25, 0.3) is 0 Å². The first-order chi connectivity index (χ1) is 8.59. The lowest BCUT2D eigenvalue weighted by Crippen LogP contribution is -2.29. The highest BCUT2D eigenvalue weighted by Gasteiger charge is 2.12. The number of carbonyl (C=O) groups is 1. The maximum absolute atomic E-state index is 10.6. The number of hydrogen-bond donors (Lipinski definition) is 1. The Morgan fingerprint density at radius 1 is 1.11 bits per heavy atom. The van der Waals surface area contributed by atoms with Gasteiger partial charge in [0.05, 0.1) is 5.97 Å². The molecule has 0 aliphatic carbocycles. The van der Waals surface area contributed by atoms with Crippen LogP contribution in [0, 0.1) is 3.57 Å². The molecule has 2 rings (SSSR count). The van der Waals surface area contributed by atoms with Crippen molar-refractivity contribution in [2.45, 2.75) is 6.10 Å². The Labute approximate surface area is 118 Å². The molecule has 0 spiro atoms. The van der Waals surface area contributed by atoms with E-state index >= 15 is 0 Å². The lowest BCUT2D eigenvalue weighted by atomic mass is 10.0. The highest BCUT2D eigenvalue weighted by molar-refractivity contribution is 14.1. The lowest BCUT2D eigenvalue weighted by Gasteiger charge is -2.14. The molecule has 1 unspecified atom stereocenters. The van der Waals surface area contributed by atoms with Crippen LogP contribution in [0.25, 0.3) is 11.1 Å². The Morgan fingerprint density at radius 3 is 2.33 bits per heavy atom. The molecule has 0 amide bonds. The van der Waals surface area contributed by atoms with Crippen molar-refractivity contribution < 1.29 is 15.0 Å². The number of carboxylic acid groups (broad SMARTS) is 1. The van der Waals surface area contributed by atoms with Gasteiger partial charge in [-0.15, -0.1) is 0 Å². The molecule has 0 aromatic heterocycles. The Balaban J connectivity index is 2.40. The average molecular weight is 353 g/mol. The molecular weight excluding hydrogens is 343 g/mol. The van der Waals surface area contributed by atoms with E-state index < -0.39 is 12.1 Å². The van der Waals surface area contributed by atoms with Crippen LogP contribution in [-0.4, -0.2) is 11.1 Å². The summed E-state index contributed by atoms with van der Waals surface area (Å²) in [6, 6.07) is 15.0. The van der Waals surface area contributed by atoms with Gasteiger partial charge < -0.3 is 15.0 Å². The molecule has 0 heterocycles. The van der Waals surface area contributed by atoms with Gasteiger partial charge in [-0.1, -0.05) is 42.5 Å². The van der Waals surface area contributed by atoms with Crippen LogP contribution in [0.1, 0.15) is 11.7 Å². The number of hydrogen-bond acceptors (Lipinski definition) is 3. The molecule has 18 heavy (non-hydrogen) atoms. The second-order valence-electron chi connectivity index (χ2n) is 3.82. The van der Waals surface area contributed by atoms with E-state index in [0.29, 0.717) is 9.13 Å². The maximum atomic E-state index is 10.6. The van der Waals surface area contributed by atoms with Crippen molar-refractivity contribution in [3.05, 3.63) is 57.7 Å². The van der Waals surface area contributed by atoms with Crippen molar-refractivity contribution >= 4 is 28.6 Å². The summed E-state index contributed by atoms with van der Waals surface area (Å²) in [6.45, 7) is 0. The predicted octanol–water partition coefficient (Wildman–Crippen LogP) is 1.74. The quantitative estimate of drug-likeness (QED) is 0.856. The van der Waals surface area contributed by atoms with E-state index in [2.05, 4.69) is 0 Å². The number of rotatable bonds is 3. The van der Waals surface area contributed by atoms with E-state index in [1.54, 1.807) is 12.1 Å². The zero-order valence-electron chi connectivity index (χ0n) is 9.34. The third kappa shape index (κ3) is 2.70. The van der Waals surface area contributed by atoms with E-state index in [0.717, 1.165) is 11.1 Å². The first-order valence-corrected chi connectivity index (χ1v) is 6.41. The fourth-order valence-electron chi connectivity index (χ4n) is 1.69. The zero-order valence-corrected chi connectivity index (χ0v) is 11.5. The fraction of sp³-hybridized carbons (Fsp3) is 0.0714. The van der Waals surface area contributed by atoms with Crippen molar-refractivity contribution in [3.8, 4) is 11.1 Å². The van der Waals surface area contributed by atoms with Crippen LogP contribution < -0.4 is 5.11 Å². The van der Waals surface area contributed by atoms with Crippen LogP contribution in [0.4, 0.5) is 0 Å². The van der Waals surface area contributed by atoms with Crippen LogP contribution >= 0.6 is 22.6 Å². The smallest absolute Gasteiger partial charge is 0.119 e. The van der Waals surface area contributed by atoms with Gasteiger partial charge in [-0.25, -0.2) is 0 Å². The predicted molar refractivity (Wildman–Crippen MR) is 74.6 cm³/mol. The molecule has 0 saturated carbocycles. The Morgan fingerprint density at radius 2 is 1.78 bits per heavy atom. The van der Waals surface area contributed by atoms with Crippen molar-refractivity contribution in [2.75, 3.05) is 0 Å². The van der Waals surface area contributed by atoms with Crippen LogP contribution in [-0.2, 0) is 4.79 Å². The molecule has 92 valence electrons. The number of carboxylic acids is 1. The summed E-state index contributed by atoms with van der Waals surface area (Å²) in [7, 11) is 0. The summed E-state index contributed by atoms with van der Waals surface area (Å²) in [4.78, 5) is 10.6. The molecule has 4 heteroatoms. The van der Waals surface area contributed by atoms with Crippen molar-refractivity contribution in [2.24, 2.45) is 0 Å². The normalized spacial score (nSPS) is 12.1. The molecule has 0 fully saturated rings. The van der Waals surface area contributed by atoms with Gasteiger partial charge in [0.1, 0.15) is 6.10 Å². The number of aliphatic hydroxyl groups excluding tert-OH is 1. The van der Waals surface area contributed by atoms with Gasteiger partial charge in [0.15, 0.2) is 0 Å². The van der Waals surface area contributed by atoms with Gasteiger partial charge in [-0.2, -0.15) is 0 Å². The molecule has 2 aromatic carbocycles. The van der Waals surface area contributed by atoms with Crippen molar-refractivity contribution in [3.63, 3.8) is 0 Å². The maximum Gasteiger partial charge on any atom is 0.119 e. The number of aliphatic carboxylic acids is 1. The molecule has 0 aliphatic rings. The van der Waals surface area contributed by atoms with Crippen LogP contribution in [0.3, 0.4) is 0 Å². The van der Waals surface area contributed by atoms with Gasteiger partial charge in [-0.3, -0.25) is 0 Å². The second-order valence-corrected chi connectivity index (χ2v) is 4.99.